The van der Waals surface area contributed by atoms with Crippen LogP contribution in [0.1, 0.15) is 32.1 Å². The van der Waals surface area contributed by atoms with Crippen molar-refractivity contribution in [1.82, 2.24) is 4.31 Å². The SMILES string of the molecule is CN(C)S(=O)(=O)c1cccc(NC(=O)C2C[C@H]3CCC[C@H](C2)C3=O)c1. The van der Waals surface area contributed by atoms with Crippen LogP contribution in [-0.2, 0) is 19.6 Å². The number of carbonyl (C=O) groups excluding carboxylic acids is 2. The van der Waals surface area contributed by atoms with E-state index in [0.717, 1.165) is 23.6 Å². The molecule has 2 aliphatic rings. The number of hydrogen-bond donors (Lipinski definition) is 1. The van der Waals surface area contributed by atoms with Crippen LogP contribution in [-0.4, -0.2) is 38.5 Å². The number of anilines is 1. The minimum Gasteiger partial charge on any atom is -0.326 e. The molecule has 2 fully saturated rings. The summed E-state index contributed by atoms with van der Waals surface area (Å²) in [7, 11) is -0.601. The van der Waals surface area contributed by atoms with Gasteiger partial charge in [0.2, 0.25) is 15.9 Å². The fraction of sp³-hybridized carbons (Fsp3) is 0.556. The van der Waals surface area contributed by atoms with Crippen molar-refractivity contribution < 1.29 is 18.0 Å². The molecule has 0 saturated heterocycles. The number of Topliss-reactive ketones (excluding diaryl/α,β-unsaturated/α-hetero) is 1. The first-order valence-electron chi connectivity index (χ1n) is 8.66. The van der Waals surface area contributed by atoms with E-state index in [9.17, 15) is 18.0 Å². The van der Waals surface area contributed by atoms with Crippen LogP contribution >= 0.6 is 0 Å². The first-order valence-corrected chi connectivity index (χ1v) is 10.1. The number of sulfonamides is 1. The van der Waals surface area contributed by atoms with Crippen molar-refractivity contribution in [2.75, 3.05) is 19.4 Å². The Balaban J connectivity index is 1.73. The van der Waals surface area contributed by atoms with Crippen LogP contribution in [0.15, 0.2) is 29.2 Å². The van der Waals surface area contributed by atoms with E-state index < -0.39 is 10.0 Å². The Morgan fingerprint density at radius 3 is 2.40 bits per heavy atom. The quantitative estimate of drug-likeness (QED) is 0.888. The number of rotatable bonds is 4. The molecule has 2 atom stereocenters. The predicted molar refractivity (Wildman–Crippen MR) is 94.5 cm³/mol. The third kappa shape index (κ3) is 3.62. The van der Waals surface area contributed by atoms with Gasteiger partial charge in [-0.15, -0.1) is 0 Å². The molecule has 25 heavy (non-hydrogen) atoms. The molecule has 0 aliphatic heterocycles. The summed E-state index contributed by atoms with van der Waals surface area (Å²) in [4.78, 5) is 24.9. The third-order valence-corrected chi connectivity index (χ3v) is 7.11. The molecule has 6 nitrogen and oxygen atoms in total. The summed E-state index contributed by atoms with van der Waals surface area (Å²) in [5, 5.41) is 2.83. The zero-order valence-corrected chi connectivity index (χ0v) is 15.4. The number of nitrogens with one attached hydrogen (secondary N) is 1. The average Bonchev–Trinajstić information content (AvgIpc) is 2.54. The summed E-state index contributed by atoms with van der Waals surface area (Å²) < 4.78 is 25.6. The van der Waals surface area contributed by atoms with E-state index in [0.29, 0.717) is 24.3 Å². The largest absolute Gasteiger partial charge is 0.326 e. The molecule has 0 heterocycles. The molecule has 1 aromatic rings. The first-order chi connectivity index (χ1) is 11.8. The van der Waals surface area contributed by atoms with E-state index in [2.05, 4.69) is 5.32 Å². The highest BCUT2D eigenvalue weighted by atomic mass is 32.2. The van der Waals surface area contributed by atoms with Gasteiger partial charge in [0.05, 0.1) is 4.90 Å². The van der Waals surface area contributed by atoms with Crippen LogP contribution in [0.25, 0.3) is 0 Å². The van der Waals surface area contributed by atoms with Crippen LogP contribution in [0.5, 0.6) is 0 Å². The molecule has 1 amide bonds. The second-order valence-electron chi connectivity index (χ2n) is 7.20. The average molecular weight is 364 g/mol. The summed E-state index contributed by atoms with van der Waals surface area (Å²) in [5.74, 6) is 0.0627. The number of nitrogens with zero attached hydrogens (tertiary/aromatic N) is 1. The number of fused-ring (bicyclic) bond motifs is 2. The zero-order chi connectivity index (χ0) is 18.2. The number of ketones is 1. The maximum absolute atomic E-state index is 12.6. The van der Waals surface area contributed by atoms with E-state index in [1.165, 1.54) is 26.2 Å². The Morgan fingerprint density at radius 2 is 1.80 bits per heavy atom. The first kappa shape index (κ1) is 18.1. The highest BCUT2D eigenvalue weighted by Gasteiger charge is 2.41. The molecule has 2 bridgehead atoms. The van der Waals surface area contributed by atoms with E-state index >= 15 is 0 Å². The van der Waals surface area contributed by atoms with Crippen LogP contribution < -0.4 is 5.32 Å². The summed E-state index contributed by atoms with van der Waals surface area (Å²) in [6, 6.07) is 6.28. The van der Waals surface area contributed by atoms with Crippen molar-refractivity contribution in [3.05, 3.63) is 24.3 Å². The molecule has 2 aliphatic carbocycles. The number of benzene rings is 1. The number of amides is 1. The molecule has 136 valence electrons. The fourth-order valence-corrected chi connectivity index (χ4v) is 4.83. The smallest absolute Gasteiger partial charge is 0.242 e. The van der Waals surface area contributed by atoms with E-state index in [1.807, 2.05) is 0 Å². The molecule has 2 saturated carbocycles. The lowest BCUT2D eigenvalue weighted by Gasteiger charge is -2.36. The van der Waals surface area contributed by atoms with Crippen LogP contribution in [0.2, 0.25) is 0 Å². The molecular formula is C18H24N2O4S. The van der Waals surface area contributed by atoms with Crippen molar-refractivity contribution in [3.8, 4) is 0 Å². The minimum absolute atomic E-state index is 0.0173. The molecule has 0 spiro atoms. The van der Waals surface area contributed by atoms with E-state index in [-0.39, 0.29) is 28.6 Å². The van der Waals surface area contributed by atoms with Gasteiger partial charge >= 0.3 is 0 Å². The number of carbonyl (C=O) groups is 2. The van der Waals surface area contributed by atoms with Crippen LogP contribution in [0, 0.1) is 17.8 Å². The molecule has 0 unspecified atom stereocenters. The Kier molecular flexibility index (Phi) is 4.97. The van der Waals surface area contributed by atoms with Crippen molar-refractivity contribution >= 4 is 27.4 Å². The second-order valence-corrected chi connectivity index (χ2v) is 9.35. The predicted octanol–water partition coefficient (Wildman–Crippen LogP) is 2.27. The van der Waals surface area contributed by atoms with Gasteiger partial charge in [-0.3, -0.25) is 9.59 Å². The Hall–Kier alpha value is -1.73. The van der Waals surface area contributed by atoms with Gasteiger partial charge in [-0.05, 0) is 43.9 Å². The van der Waals surface area contributed by atoms with Gasteiger partial charge in [-0.1, -0.05) is 12.5 Å². The summed E-state index contributed by atoms with van der Waals surface area (Å²) >= 11 is 0. The molecule has 0 radical (unpaired) electrons. The topological polar surface area (TPSA) is 83.6 Å². The molecule has 1 aromatic carbocycles. The number of hydrogen-bond acceptors (Lipinski definition) is 4. The van der Waals surface area contributed by atoms with Gasteiger partial charge in [0, 0.05) is 37.5 Å². The summed E-state index contributed by atoms with van der Waals surface area (Å²) in [5.41, 5.74) is 0.468. The van der Waals surface area contributed by atoms with E-state index in [4.69, 9.17) is 0 Å². The van der Waals surface area contributed by atoms with Gasteiger partial charge in [0.15, 0.2) is 0 Å². The van der Waals surface area contributed by atoms with Crippen LogP contribution in [0.4, 0.5) is 5.69 Å². The fourth-order valence-electron chi connectivity index (χ4n) is 3.88. The van der Waals surface area contributed by atoms with Crippen molar-refractivity contribution in [2.24, 2.45) is 17.8 Å². The Labute approximate surface area is 148 Å². The molecule has 7 heteroatoms. The maximum atomic E-state index is 12.6. The second kappa shape index (κ2) is 6.88. The van der Waals surface area contributed by atoms with E-state index in [1.54, 1.807) is 12.1 Å². The highest BCUT2D eigenvalue weighted by Crippen LogP contribution is 2.40. The normalized spacial score (nSPS) is 26.5. The third-order valence-electron chi connectivity index (χ3n) is 5.30. The van der Waals surface area contributed by atoms with Gasteiger partial charge in [0.1, 0.15) is 5.78 Å². The van der Waals surface area contributed by atoms with Crippen molar-refractivity contribution in [2.45, 2.75) is 37.0 Å². The van der Waals surface area contributed by atoms with Gasteiger partial charge < -0.3 is 5.32 Å². The lowest BCUT2D eigenvalue weighted by atomic mass is 9.67. The zero-order valence-electron chi connectivity index (χ0n) is 14.6. The molecule has 3 rings (SSSR count). The van der Waals surface area contributed by atoms with Crippen LogP contribution in [0.3, 0.4) is 0 Å². The highest BCUT2D eigenvalue weighted by molar-refractivity contribution is 7.89. The standard InChI is InChI=1S/C18H24N2O4S/c1-20(2)25(23,24)16-8-4-7-15(11-16)19-18(22)14-9-12-5-3-6-13(10-14)17(12)21/h4,7-8,11-14H,3,5-6,9-10H2,1-2H3,(H,19,22)/t12-,13-/m1/s1. The van der Waals surface area contributed by atoms with Crippen molar-refractivity contribution in [3.63, 3.8) is 0 Å². The Bertz CT molecular complexity index is 772. The lowest BCUT2D eigenvalue weighted by Crippen LogP contribution is -2.40. The van der Waals surface area contributed by atoms with Gasteiger partial charge in [-0.25, -0.2) is 12.7 Å². The summed E-state index contributed by atoms with van der Waals surface area (Å²) in [6.45, 7) is 0. The minimum atomic E-state index is -3.54. The molecule has 1 N–H and O–H groups in total. The lowest BCUT2D eigenvalue weighted by molar-refractivity contribution is -0.136. The van der Waals surface area contributed by atoms with Crippen molar-refractivity contribution in [1.29, 1.82) is 0 Å². The van der Waals surface area contributed by atoms with Gasteiger partial charge in [-0.2, -0.15) is 0 Å². The Morgan fingerprint density at radius 1 is 1.16 bits per heavy atom. The molecular weight excluding hydrogens is 340 g/mol. The molecule has 0 aromatic heterocycles. The summed E-state index contributed by atoms with van der Waals surface area (Å²) in [6.07, 6.45) is 4.05. The van der Waals surface area contributed by atoms with Gasteiger partial charge in [0.25, 0.3) is 0 Å². The maximum Gasteiger partial charge on any atom is 0.242 e. The monoisotopic (exact) mass is 364 g/mol.